The number of likely N-dealkylation sites (tertiary alicyclic amines) is 1. The van der Waals surface area contributed by atoms with Crippen molar-refractivity contribution in [3.05, 3.63) is 35.4 Å². The number of benzene rings is 1. The highest BCUT2D eigenvalue weighted by molar-refractivity contribution is 5.92. The fourth-order valence-corrected chi connectivity index (χ4v) is 3.49. The van der Waals surface area contributed by atoms with Crippen LogP contribution in [0.25, 0.3) is 0 Å². The minimum Gasteiger partial charge on any atom is -0.481 e. The molecule has 0 unspecified atom stereocenters. The van der Waals surface area contributed by atoms with E-state index in [-0.39, 0.29) is 23.8 Å². The van der Waals surface area contributed by atoms with Gasteiger partial charge in [-0.1, -0.05) is 29.8 Å². The predicted octanol–water partition coefficient (Wildman–Crippen LogP) is 2.49. The third-order valence-corrected chi connectivity index (χ3v) is 4.78. The van der Waals surface area contributed by atoms with Crippen molar-refractivity contribution in [2.24, 2.45) is 0 Å². The van der Waals surface area contributed by atoms with E-state index in [1.807, 2.05) is 30.0 Å². The highest BCUT2D eigenvalue weighted by Crippen LogP contribution is 2.50. The Morgan fingerprint density at radius 3 is 2.76 bits per heavy atom. The lowest BCUT2D eigenvalue weighted by atomic mass is 9.92. The molecule has 1 amide bonds. The summed E-state index contributed by atoms with van der Waals surface area (Å²) in [6, 6.07) is 8.02. The van der Waals surface area contributed by atoms with E-state index in [4.69, 9.17) is 5.11 Å². The van der Waals surface area contributed by atoms with Crippen molar-refractivity contribution in [2.75, 3.05) is 6.54 Å². The lowest BCUT2D eigenvalue weighted by Gasteiger charge is -2.28. The minimum absolute atomic E-state index is 0.0651. The normalized spacial score (nSPS) is 23.1. The number of carbonyl (C=O) groups excluding carboxylic acids is 1. The van der Waals surface area contributed by atoms with Gasteiger partial charge in [-0.2, -0.15) is 0 Å². The molecule has 1 saturated heterocycles. The first-order chi connectivity index (χ1) is 10.0. The summed E-state index contributed by atoms with van der Waals surface area (Å²) in [4.78, 5) is 25.8. The summed E-state index contributed by atoms with van der Waals surface area (Å²) in [6.45, 7) is 2.73. The molecule has 21 heavy (non-hydrogen) atoms. The van der Waals surface area contributed by atoms with Crippen molar-refractivity contribution >= 4 is 11.9 Å². The summed E-state index contributed by atoms with van der Waals surface area (Å²) >= 11 is 0. The van der Waals surface area contributed by atoms with Gasteiger partial charge in [-0.25, -0.2) is 0 Å². The van der Waals surface area contributed by atoms with Gasteiger partial charge in [0, 0.05) is 12.6 Å². The van der Waals surface area contributed by atoms with Crippen LogP contribution in [0.3, 0.4) is 0 Å². The average Bonchev–Trinajstić information content (AvgIpc) is 3.13. The number of aryl methyl sites for hydroxylation is 1. The average molecular weight is 287 g/mol. The molecule has 4 nitrogen and oxygen atoms in total. The monoisotopic (exact) mass is 287 g/mol. The third-order valence-electron chi connectivity index (χ3n) is 4.78. The quantitative estimate of drug-likeness (QED) is 0.925. The highest BCUT2D eigenvalue weighted by atomic mass is 16.4. The smallest absolute Gasteiger partial charge is 0.305 e. The van der Waals surface area contributed by atoms with E-state index in [0.29, 0.717) is 6.54 Å². The largest absolute Gasteiger partial charge is 0.481 e. The number of amides is 1. The van der Waals surface area contributed by atoms with Gasteiger partial charge in [0.05, 0.1) is 11.8 Å². The van der Waals surface area contributed by atoms with Gasteiger partial charge in [0.15, 0.2) is 0 Å². The molecule has 4 heteroatoms. The molecule has 1 saturated carbocycles. The SMILES string of the molecule is Cc1cccc(C2(C(=O)N3CCC[C@@H]3CC(=O)O)CC2)c1. The predicted molar refractivity (Wildman–Crippen MR) is 79.1 cm³/mol. The number of hydrogen-bond donors (Lipinski definition) is 1. The standard InChI is InChI=1S/C17H21NO3/c1-12-4-2-5-13(10-12)17(7-8-17)16(21)18-9-3-6-14(18)11-15(19)20/h2,4-5,10,14H,3,6-9,11H2,1H3,(H,19,20)/t14-/m1/s1. The lowest BCUT2D eigenvalue weighted by molar-refractivity contribution is -0.140. The Morgan fingerprint density at radius 1 is 1.38 bits per heavy atom. The van der Waals surface area contributed by atoms with E-state index in [1.54, 1.807) is 0 Å². The van der Waals surface area contributed by atoms with Crippen LogP contribution in [-0.4, -0.2) is 34.5 Å². The second kappa shape index (κ2) is 5.17. The maximum Gasteiger partial charge on any atom is 0.305 e. The molecule has 2 fully saturated rings. The molecule has 1 aromatic rings. The summed E-state index contributed by atoms with van der Waals surface area (Å²) in [7, 11) is 0. The van der Waals surface area contributed by atoms with Crippen molar-refractivity contribution in [3.8, 4) is 0 Å². The van der Waals surface area contributed by atoms with Crippen molar-refractivity contribution in [1.29, 1.82) is 0 Å². The Bertz CT molecular complexity index is 577. The Kier molecular flexibility index (Phi) is 3.47. The summed E-state index contributed by atoms with van der Waals surface area (Å²) < 4.78 is 0. The van der Waals surface area contributed by atoms with Crippen molar-refractivity contribution in [1.82, 2.24) is 4.90 Å². The van der Waals surface area contributed by atoms with E-state index >= 15 is 0 Å². The van der Waals surface area contributed by atoms with Gasteiger partial charge in [0.2, 0.25) is 5.91 Å². The third kappa shape index (κ3) is 2.55. The Morgan fingerprint density at radius 2 is 2.14 bits per heavy atom. The summed E-state index contributed by atoms with van der Waals surface area (Å²) in [5, 5.41) is 9.01. The van der Waals surface area contributed by atoms with Crippen LogP contribution in [0.5, 0.6) is 0 Å². The summed E-state index contributed by atoms with van der Waals surface area (Å²) in [5.41, 5.74) is 1.87. The van der Waals surface area contributed by atoms with E-state index in [1.165, 1.54) is 0 Å². The second-order valence-corrected chi connectivity index (χ2v) is 6.34. The molecule has 1 aliphatic carbocycles. The maximum atomic E-state index is 13.0. The number of carboxylic acids is 1. The van der Waals surface area contributed by atoms with Gasteiger partial charge in [-0.05, 0) is 38.2 Å². The maximum absolute atomic E-state index is 13.0. The molecule has 1 heterocycles. The molecule has 1 aliphatic heterocycles. The highest BCUT2D eigenvalue weighted by Gasteiger charge is 2.54. The van der Waals surface area contributed by atoms with Crippen LogP contribution in [-0.2, 0) is 15.0 Å². The van der Waals surface area contributed by atoms with Crippen LogP contribution in [0.2, 0.25) is 0 Å². The molecule has 0 aromatic heterocycles. The first-order valence-corrected chi connectivity index (χ1v) is 7.63. The van der Waals surface area contributed by atoms with Gasteiger partial charge in [0.25, 0.3) is 0 Å². The van der Waals surface area contributed by atoms with Crippen LogP contribution < -0.4 is 0 Å². The van der Waals surface area contributed by atoms with Crippen LogP contribution in [0.15, 0.2) is 24.3 Å². The molecule has 0 radical (unpaired) electrons. The first kappa shape index (κ1) is 14.1. The van der Waals surface area contributed by atoms with Crippen LogP contribution >= 0.6 is 0 Å². The van der Waals surface area contributed by atoms with Gasteiger partial charge < -0.3 is 10.0 Å². The number of carboxylic acid groups (broad SMARTS) is 1. The Hall–Kier alpha value is -1.84. The number of carbonyl (C=O) groups is 2. The number of nitrogens with zero attached hydrogens (tertiary/aromatic N) is 1. The zero-order valence-corrected chi connectivity index (χ0v) is 12.3. The zero-order chi connectivity index (χ0) is 15.0. The molecule has 1 N–H and O–H groups in total. The topological polar surface area (TPSA) is 57.6 Å². The molecule has 112 valence electrons. The van der Waals surface area contributed by atoms with E-state index in [0.717, 1.165) is 36.8 Å². The lowest BCUT2D eigenvalue weighted by Crippen LogP contribution is -2.43. The Labute approximate surface area is 124 Å². The van der Waals surface area contributed by atoms with Crippen molar-refractivity contribution in [2.45, 2.75) is 50.5 Å². The molecule has 1 aromatic carbocycles. The number of aliphatic carboxylic acids is 1. The number of rotatable bonds is 4. The molecular weight excluding hydrogens is 266 g/mol. The van der Waals surface area contributed by atoms with Crippen LogP contribution in [0.1, 0.15) is 43.2 Å². The van der Waals surface area contributed by atoms with Crippen LogP contribution in [0.4, 0.5) is 0 Å². The van der Waals surface area contributed by atoms with E-state index in [2.05, 4.69) is 6.07 Å². The molecule has 0 spiro atoms. The van der Waals surface area contributed by atoms with E-state index < -0.39 is 5.97 Å². The second-order valence-electron chi connectivity index (χ2n) is 6.34. The van der Waals surface area contributed by atoms with Gasteiger partial charge >= 0.3 is 5.97 Å². The van der Waals surface area contributed by atoms with Crippen LogP contribution in [0, 0.1) is 6.92 Å². The molecule has 0 bridgehead atoms. The Balaban J connectivity index is 1.83. The van der Waals surface area contributed by atoms with Gasteiger partial charge in [-0.3, -0.25) is 9.59 Å². The first-order valence-electron chi connectivity index (χ1n) is 7.63. The molecule has 3 rings (SSSR count). The fourth-order valence-electron chi connectivity index (χ4n) is 3.49. The molecular formula is C17H21NO3. The van der Waals surface area contributed by atoms with E-state index in [9.17, 15) is 9.59 Å². The van der Waals surface area contributed by atoms with Crippen molar-refractivity contribution < 1.29 is 14.7 Å². The van der Waals surface area contributed by atoms with Gasteiger partial charge in [0.1, 0.15) is 0 Å². The molecule has 2 aliphatic rings. The summed E-state index contributed by atoms with van der Waals surface area (Å²) in [5.74, 6) is -0.683. The zero-order valence-electron chi connectivity index (χ0n) is 12.3. The number of hydrogen-bond acceptors (Lipinski definition) is 2. The molecule has 1 atom stereocenters. The summed E-state index contributed by atoms with van der Waals surface area (Å²) in [6.07, 6.45) is 3.54. The fraction of sp³-hybridized carbons (Fsp3) is 0.529. The van der Waals surface area contributed by atoms with Crippen molar-refractivity contribution in [3.63, 3.8) is 0 Å². The van der Waals surface area contributed by atoms with Gasteiger partial charge in [-0.15, -0.1) is 0 Å². The minimum atomic E-state index is -0.819.